The van der Waals surface area contributed by atoms with E-state index in [-0.39, 0.29) is 37.5 Å². The summed E-state index contributed by atoms with van der Waals surface area (Å²) in [6.45, 7) is 6.45. The normalized spacial score (nSPS) is 12.4. The van der Waals surface area contributed by atoms with Gasteiger partial charge in [-0.25, -0.2) is 0 Å². The minimum atomic E-state index is -0.805. The third-order valence-electron chi connectivity index (χ3n) is 11.1. The molecule has 0 spiro atoms. The number of allylic oxidation sites excluding steroid dienone is 8. The first kappa shape index (κ1) is 57.4. The Labute approximate surface area is 371 Å². The number of carbonyl (C=O) groups is 3. The summed E-state index contributed by atoms with van der Waals surface area (Å²) in [5.41, 5.74) is 0. The summed E-state index contributed by atoms with van der Waals surface area (Å²) in [5.74, 6) is -0.978. The van der Waals surface area contributed by atoms with E-state index in [4.69, 9.17) is 14.2 Å². The lowest BCUT2D eigenvalue weighted by Gasteiger charge is -2.18. The molecule has 0 aliphatic heterocycles. The second-order valence-electron chi connectivity index (χ2n) is 17.1. The molecule has 0 aliphatic rings. The Morgan fingerprint density at radius 3 is 0.983 bits per heavy atom. The predicted molar refractivity (Wildman–Crippen MR) is 256 cm³/mol. The molecule has 0 aromatic rings. The molecule has 6 nitrogen and oxygen atoms in total. The van der Waals surface area contributed by atoms with Gasteiger partial charge in [0.1, 0.15) is 13.2 Å². The van der Waals surface area contributed by atoms with Gasteiger partial charge >= 0.3 is 17.9 Å². The van der Waals surface area contributed by atoms with Crippen LogP contribution >= 0.6 is 0 Å². The highest BCUT2D eigenvalue weighted by Crippen LogP contribution is 2.16. The Kier molecular flexibility index (Phi) is 46.9. The van der Waals surface area contributed by atoms with E-state index in [9.17, 15) is 14.4 Å². The van der Waals surface area contributed by atoms with Crippen LogP contribution in [0.2, 0.25) is 0 Å². The fourth-order valence-corrected chi connectivity index (χ4v) is 7.28. The first-order valence-electron chi connectivity index (χ1n) is 25.6. The Morgan fingerprint density at radius 2 is 0.650 bits per heavy atom. The van der Waals surface area contributed by atoms with Gasteiger partial charge in [0.15, 0.2) is 6.10 Å². The number of hydrogen-bond donors (Lipinski definition) is 0. The molecule has 0 aliphatic carbocycles. The largest absolute Gasteiger partial charge is 0.462 e. The molecule has 0 heterocycles. The van der Waals surface area contributed by atoms with E-state index in [1.54, 1.807) is 0 Å². The van der Waals surface area contributed by atoms with Crippen LogP contribution in [0.1, 0.15) is 258 Å². The van der Waals surface area contributed by atoms with Gasteiger partial charge in [-0.05, 0) is 44.9 Å². The molecule has 6 heteroatoms. The zero-order chi connectivity index (χ0) is 43.7. The van der Waals surface area contributed by atoms with E-state index in [0.29, 0.717) is 19.3 Å². The third-order valence-corrected chi connectivity index (χ3v) is 11.1. The molecular weight excluding hydrogens is 745 g/mol. The predicted octanol–water partition coefficient (Wildman–Crippen LogP) is 16.7. The van der Waals surface area contributed by atoms with Crippen LogP contribution in [0.3, 0.4) is 0 Å². The Bertz CT molecular complexity index is 1060. The third kappa shape index (κ3) is 46.4. The van der Waals surface area contributed by atoms with E-state index in [2.05, 4.69) is 57.2 Å². The van der Waals surface area contributed by atoms with Gasteiger partial charge in [-0.2, -0.15) is 0 Å². The minimum absolute atomic E-state index is 0.0984. The number of unbranched alkanes of at least 4 members (excludes halogenated alkanes) is 27. The molecule has 0 aromatic carbocycles. The lowest BCUT2D eigenvalue weighted by atomic mass is 10.0. The van der Waals surface area contributed by atoms with E-state index in [1.807, 2.05) is 12.2 Å². The van der Waals surface area contributed by atoms with Crippen LogP contribution in [0.25, 0.3) is 0 Å². The summed E-state index contributed by atoms with van der Waals surface area (Å²) in [4.78, 5) is 37.7. The van der Waals surface area contributed by atoms with Gasteiger partial charge in [-0.1, -0.05) is 243 Å². The quantitative estimate of drug-likeness (QED) is 0.0263. The summed E-state index contributed by atoms with van der Waals surface area (Å²) >= 11 is 0. The number of carbonyl (C=O) groups excluding carboxylic acids is 3. The number of hydrogen-bond acceptors (Lipinski definition) is 6. The minimum Gasteiger partial charge on any atom is -0.462 e. The van der Waals surface area contributed by atoms with Crippen LogP contribution in [0.5, 0.6) is 0 Å². The zero-order valence-electron chi connectivity index (χ0n) is 39.7. The summed E-state index contributed by atoms with van der Waals surface area (Å²) in [7, 11) is 0. The summed E-state index contributed by atoms with van der Waals surface area (Å²) < 4.78 is 16.7. The monoisotopic (exact) mass is 841 g/mol. The molecule has 1 atom stereocenters. The van der Waals surface area contributed by atoms with E-state index >= 15 is 0 Å². The number of ether oxygens (including phenoxy) is 3. The van der Waals surface area contributed by atoms with Crippen molar-refractivity contribution in [1.82, 2.24) is 0 Å². The van der Waals surface area contributed by atoms with Crippen LogP contribution in [-0.4, -0.2) is 37.2 Å². The maximum Gasteiger partial charge on any atom is 0.306 e. The molecule has 0 amide bonds. The summed E-state index contributed by atoms with van der Waals surface area (Å²) in [6.07, 6.45) is 58.5. The van der Waals surface area contributed by atoms with Crippen LogP contribution < -0.4 is 0 Å². The van der Waals surface area contributed by atoms with Gasteiger partial charge in [0, 0.05) is 19.3 Å². The summed E-state index contributed by atoms with van der Waals surface area (Å²) in [6, 6.07) is 0. The Hall–Kier alpha value is -2.63. The summed E-state index contributed by atoms with van der Waals surface area (Å²) in [5, 5.41) is 0. The van der Waals surface area contributed by atoms with Gasteiger partial charge in [-0.3, -0.25) is 14.4 Å². The van der Waals surface area contributed by atoms with Crippen molar-refractivity contribution >= 4 is 17.9 Å². The van der Waals surface area contributed by atoms with Crippen LogP contribution in [0.4, 0.5) is 0 Å². The lowest BCUT2D eigenvalue weighted by Crippen LogP contribution is -2.30. The van der Waals surface area contributed by atoms with Gasteiger partial charge in [-0.15, -0.1) is 0 Å². The molecule has 0 saturated heterocycles. The van der Waals surface area contributed by atoms with E-state index < -0.39 is 6.10 Å². The Morgan fingerprint density at radius 1 is 0.350 bits per heavy atom. The van der Waals surface area contributed by atoms with Crippen molar-refractivity contribution < 1.29 is 28.6 Å². The Balaban J connectivity index is 4.25. The van der Waals surface area contributed by atoms with Gasteiger partial charge in [0.25, 0.3) is 0 Å². The molecule has 0 aromatic heterocycles. The van der Waals surface area contributed by atoms with Crippen molar-refractivity contribution in [2.24, 2.45) is 0 Å². The van der Waals surface area contributed by atoms with Crippen LogP contribution in [0.15, 0.2) is 48.6 Å². The lowest BCUT2D eigenvalue weighted by molar-refractivity contribution is -0.166. The maximum atomic E-state index is 12.7. The number of rotatable bonds is 46. The van der Waals surface area contributed by atoms with Crippen molar-refractivity contribution in [2.75, 3.05) is 13.2 Å². The smallest absolute Gasteiger partial charge is 0.306 e. The van der Waals surface area contributed by atoms with Crippen LogP contribution in [0, 0.1) is 0 Å². The average molecular weight is 841 g/mol. The van der Waals surface area contributed by atoms with Crippen molar-refractivity contribution in [3.63, 3.8) is 0 Å². The molecule has 0 N–H and O–H groups in total. The molecule has 0 rings (SSSR count). The number of esters is 3. The molecule has 1 unspecified atom stereocenters. The van der Waals surface area contributed by atoms with E-state index in [0.717, 1.165) is 64.2 Å². The fourth-order valence-electron chi connectivity index (χ4n) is 7.28. The van der Waals surface area contributed by atoms with Gasteiger partial charge in [0.2, 0.25) is 0 Å². The van der Waals surface area contributed by atoms with Gasteiger partial charge in [0.05, 0.1) is 0 Å². The van der Waals surface area contributed by atoms with Gasteiger partial charge < -0.3 is 14.2 Å². The van der Waals surface area contributed by atoms with Crippen molar-refractivity contribution in [1.29, 1.82) is 0 Å². The van der Waals surface area contributed by atoms with E-state index in [1.165, 1.54) is 148 Å². The first-order valence-corrected chi connectivity index (χ1v) is 25.6. The first-order chi connectivity index (χ1) is 29.5. The highest BCUT2D eigenvalue weighted by Gasteiger charge is 2.19. The van der Waals surface area contributed by atoms with Crippen LogP contribution in [-0.2, 0) is 28.6 Å². The molecule has 348 valence electrons. The molecule has 0 bridgehead atoms. The molecule has 0 saturated carbocycles. The van der Waals surface area contributed by atoms with Crippen molar-refractivity contribution in [3.8, 4) is 0 Å². The fraction of sp³-hybridized carbons (Fsp3) is 0.796. The van der Waals surface area contributed by atoms with Crippen molar-refractivity contribution in [2.45, 2.75) is 264 Å². The zero-order valence-corrected chi connectivity index (χ0v) is 39.7. The molecule has 60 heavy (non-hydrogen) atoms. The second kappa shape index (κ2) is 49.0. The molecule has 0 fully saturated rings. The highest BCUT2D eigenvalue weighted by atomic mass is 16.6. The second-order valence-corrected chi connectivity index (χ2v) is 17.1. The topological polar surface area (TPSA) is 78.9 Å². The molecular formula is C54H96O6. The molecule has 0 radical (unpaired) electrons. The van der Waals surface area contributed by atoms with Crippen molar-refractivity contribution in [3.05, 3.63) is 48.6 Å². The SMILES string of the molecule is CC/C=C\C/C=C\C/C=C\C/C=C\CCC(=O)OC(COC(=O)CCCCCCCCCC)COC(=O)CCCCCCCCCCCCCCCCCCCCCCC. The maximum absolute atomic E-state index is 12.7. The highest BCUT2D eigenvalue weighted by molar-refractivity contribution is 5.71. The average Bonchev–Trinajstić information content (AvgIpc) is 3.24. The standard InChI is InChI=1S/C54H96O6/c1-4-7-10-13-16-19-21-23-24-25-26-27-28-29-30-32-33-35-38-41-44-47-53(56)59-50-51(49-58-52(55)46-43-40-37-18-15-12-9-6-3)60-54(57)48-45-42-39-36-34-31-22-20-17-14-11-8-5-2/h8,11,17,20,31,34,39,42,51H,4-7,9-10,12-16,18-19,21-30,32-33,35-38,40-41,43-50H2,1-3H3/b11-8-,20-17-,34-31-,42-39-.